The molecule has 0 unspecified atom stereocenters. The monoisotopic (exact) mass is 516 g/mol. The van der Waals surface area contributed by atoms with Crippen LogP contribution in [0.2, 0.25) is 0 Å². The lowest BCUT2D eigenvalue weighted by atomic mass is 9.90. The predicted molar refractivity (Wildman–Crippen MR) is 157 cm³/mol. The molecule has 0 spiro atoms. The van der Waals surface area contributed by atoms with E-state index in [1.165, 1.54) is 5.57 Å². The number of benzene rings is 3. The first-order valence-corrected chi connectivity index (χ1v) is 13.6. The number of carboxylic acids is 1. The molecule has 1 aliphatic rings. The van der Waals surface area contributed by atoms with E-state index in [-0.39, 0.29) is 0 Å². The van der Waals surface area contributed by atoms with Crippen molar-refractivity contribution < 1.29 is 9.90 Å². The Bertz CT molecular complexity index is 1800. The van der Waals surface area contributed by atoms with E-state index in [1.807, 2.05) is 24.3 Å². The fraction of sp³-hybridized carbons (Fsp3) is 0.242. The Morgan fingerprint density at radius 3 is 2.51 bits per heavy atom. The van der Waals surface area contributed by atoms with Crippen molar-refractivity contribution in [1.82, 2.24) is 19.1 Å². The van der Waals surface area contributed by atoms with E-state index in [1.54, 1.807) is 12.1 Å². The van der Waals surface area contributed by atoms with Crippen LogP contribution in [0.3, 0.4) is 0 Å². The van der Waals surface area contributed by atoms with Gasteiger partial charge in [0, 0.05) is 25.6 Å². The molecule has 6 rings (SSSR count). The van der Waals surface area contributed by atoms with E-state index in [2.05, 4.69) is 66.4 Å². The maximum absolute atomic E-state index is 11.7. The summed E-state index contributed by atoms with van der Waals surface area (Å²) in [5, 5.41) is 9.63. The minimum absolute atomic E-state index is 0.358. The van der Waals surface area contributed by atoms with E-state index < -0.39 is 5.97 Å². The Morgan fingerprint density at radius 2 is 1.77 bits per heavy atom. The highest BCUT2D eigenvalue weighted by molar-refractivity contribution is 5.94. The van der Waals surface area contributed by atoms with E-state index in [4.69, 9.17) is 9.97 Å². The highest BCUT2D eigenvalue weighted by Crippen LogP contribution is 2.33. The van der Waals surface area contributed by atoms with Gasteiger partial charge in [0.2, 0.25) is 0 Å². The summed E-state index contributed by atoms with van der Waals surface area (Å²) in [4.78, 5) is 21.8. The van der Waals surface area contributed by atoms with Gasteiger partial charge in [0.15, 0.2) is 0 Å². The summed E-state index contributed by atoms with van der Waals surface area (Å²) in [5.41, 5.74) is 10.1. The van der Waals surface area contributed by atoms with Gasteiger partial charge >= 0.3 is 5.97 Å². The molecule has 0 radical (unpaired) electrons. The molecule has 39 heavy (non-hydrogen) atoms. The molecule has 1 N–H and O–H groups in total. The molecule has 5 aromatic rings. The van der Waals surface area contributed by atoms with Crippen molar-refractivity contribution in [2.45, 2.75) is 46.1 Å². The zero-order valence-electron chi connectivity index (χ0n) is 22.6. The zero-order chi connectivity index (χ0) is 27.1. The van der Waals surface area contributed by atoms with Crippen LogP contribution in [0.25, 0.3) is 39.0 Å². The van der Waals surface area contributed by atoms with Gasteiger partial charge in [-0.1, -0.05) is 55.0 Å². The van der Waals surface area contributed by atoms with Crippen LogP contribution >= 0.6 is 0 Å². The second kappa shape index (κ2) is 10.0. The number of rotatable bonds is 7. The lowest BCUT2D eigenvalue weighted by molar-refractivity contribution is 0.0696. The standard InChI is InChI=1S/C33H32N4O2/c1-4-9-30-35-31-21(2)18-24(32-34-27-12-7-8-13-28(27)36(32)3)19-29(31)37(30)20-22-14-16-23(17-15-22)25-10-5-6-11-26(25)33(38)39/h5-8,10-14,16,18-19H,4,9,15,17,20H2,1-3H3,(H,38,39). The van der Waals surface area contributed by atoms with Crippen molar-refractivity contribution in [2.75, 3.05) is 0 Å². The van der Waals surface area contributed by atoms with E-state index in [9.17, 15) is 9.90 Å². The normalized spacial score (nSPS) is 13.6. The van der Waals surface area contributed by atoms with E-state index >= 15 is 0 Å². The van der Waals surface area contributed by atoms with Gasteiger partial charge in [-0.15, -0.1) is 0 Å². The van der Waals surface area contributed by atoms with Gasteiger partial charge in [0.05, 0.1) is 27.6 Å². The second-order valence-electron chi connectivity index (χ2n) is 10.4. The zero-order valence-corrected chi connectivity index (χ0v) is 22.6. The van der Waals surface area contributed by atoms with Gasteiger partial charge in [-0.3, -0.25) is 0 Å². The number of aromatic nitrogens is 4. The summed E-state index contributed by atoms with van der Waals surface area (Å²) in [7, 11) is 2.07. The van der Waals surface area contributed by atoms with Crippen LogP contribution in [-0.4, -0.2) is 30.2 Å². The molecule has 0 atom stereocenters. The molecular weight excluding hydrogens is 484 g/mol. The van der Waals surface area contributed by atoms with Crippen LogP contribution < -0.4 is 0 Å². The number of fused-ring (bicyclic) bond motifs is 2. The number of hydrogen-bond donors (Lipinski definition) is 1. The van der Waals surface area contributed by atoms with Crippen LogP contribution in [0.5, 0.6) is 0 Å². The number of para-hydroxylation sites is 2. The number of nitrogens with zero attached hydrogens (tertiary/aromatic N) is 4. The number of hydrogen-bond acceptors (Lipinski definition) is 3. The van der Waals surface area contributed by atoms with Gasteiger partial charge in [0.1, 0.15) is 11.6 Å². The first kappa shape index (κ1) is 24.9. The summed E-state index contributed by atoms with van der Waals surface area (Å²) < 4.78 is 4.53. The van der Waals surface area contributed by atoms with E-state index in [0.29, 0.717) is 5.56 Å². The highest BCUT2D eigenvalue weighted by atomic mass is 16.4. The SMILES string of the molecule is CCCc1nc2c(C)cc(-c3nc4ccccc4n3C)cc2n1CC1=CC=C(c2ccccc2C(=O)O)CC1. The minimum atomic E-state index is -0.887. The summed E-state index contributed by atoms with van der Waals surface area (Å²) in [6.07, 6.45) is 7.89. The van der Waals surface area contributed by atoms with Crippen LogP contribution in [-0.2, 0) is 20.0 Å². The number of carboxylic acid groups (broad SMARTS) is 1. The average Bonchev–Trinajstić information content (AvgIpc) is 3.47. The van der Waals surface area contributed by atoms with Crippen molar-refractivity contribution in [1.29, 1.82) is 0 Å². The second-order valence-corrected chi connectivity index (χ2v) is 10.4. The molecule has 6 nitrogen and oxygen atoms in total. The summed E-state index contributed by atoms with van der Waals surface area (Å²) in [6.45, 7) is 5.09. The molecule has 0 amide bonds. The molecule has 0 saturated heterocycles. The van der Waals surface area contributed by atoms with Gasteiger partial charge in [0.25, 0.3) is 0 Å². The smallest absolute Gasteiger partial charge is 0.336 e. The van der Waals surface area contributed by atoms with Gasteiger partial charge in [-0.05, 0) is 73.2 Å². The largest absolute Gasteiger partial charge is 0.478 e. The van der Waals surface area contributed by atoms with Crippen molar-refractivity contribution in [2.24, 2.45) is 7.05 Å². The molecule has 1 aliphatic carbocycles. The van der Waals surface area contributed by atoms with Crippen LogP contribution in [0.15, 0.2) is 78.4 Å². The van der Waals surface area contributed by atoms with Gasteiger partial charge in [-0.2, -0.15) is 0 Å². The molecule has 2 aromatic heterocycles. The first-order valence-electron chi connectivity index (χ1n) is 13.6. The maximum atomic E-state index is 11.7. The topological polar surface area (TPSA) is 72.9 Å². The third-order valence-electron chi connectivity index (χ3n) is 7.74. The molecule has 0 bridgehead atoms. The lowest BCUT2D eigenvalue weighted by Gasteiger charge is -2.18. The van der Waals surface area contributed by atoms with Crippen molar-refractivity contribution in [3.05, 3.63) is 101 Å². The number of allylic oxidation sites excluding steroid dienone is 4. The van der Waals surface area contributed by atoms with Crippen LogP contribution in [0.4, 0.5) is 0 Å². The maximum Gasteiger partial charge on any atom is 0.336 e. The predicted octanol–water partition coefficient (Wildman–Crippen LogP) is 7.35. The molecule has 3 aromatic carbocycles. The van der Waals surface area contributed by atoms with Crippen molar-refractivity contribution in [3.63, 3.8) is 0 Å². The fourth-order valence-electron chi connectivity index (χ4n) is 5.75. The lowest BCUT2D eigenvalue weighted by Crippen LogP contribution is -2.09. The Labute approximate surface area is 228 Å². The molecule has 2 heterocycles. The average molecular weight is 517 g/mol. The first-order chi connectivity index (χ1) is 18.9. The van der Waals surface area contributed by atoms with Crippen LogP contribution in [0, 0.1) is 6.92 Å². The quantitative estimate of drug-likeness (QED) is 0.245. The number of aromatic carboxylic acids is 1. The Kier molecular flexibility index (Phi) is 6.39. The van der Waals surface area contributed by atoms with E-state index in [0.717, 1.165) is 88.2 Å². The van der Waals surface area contributed by atoms with Crippen LogP contribution in [0.1, 0.15) is 53.5 Å². The minimum Gasteiger partial charge on any atom is -0.478 e. The Balaban J connectivity index is 1.41. The highest BCUT2D eigenvalue weighted by Gasteiger charge is 2.19. The molecule has 6 heteroatoms. The Hall–Kier alpha value is -4.45. The molecule has 0 saturated carbocycles. The van der Waals surface area contributed by atoms with Gasteiger partial charge in [-0.25, -0.2) is 14.8 Å². The third kappa shape index (κ3) is 4.46. The third-order valence-corrected chi connectivity index (χ3v) is 7.74. The number of imidazole rings is 2. The summed E-state index contributed by atoms with van der Waals surface area (Å²) >= 11 is 0. The number of carbonyl (C=O) groups is 1. The molecule has 0 fully saturated rings. The number of aryl methyl sites for hydroxylation is 3. The van der Waals surface area contributed by atoms with Crippen molar-refractivity contribution in [3.8, 4) is 11.4 Å². The molecule has 0 aliphatic heterocycles. The summed E-state index contributed by atoms with van der Waals surface area (Å²) in [6, 6.07) is 19.9. The summed E-state index contributed by atoms with van der Waals surface area (Å²) in [5.74, 6) is 1.17. The van der Waals surface area contributed by atoms with Crippen molar-refractivity contribution >= 4 is 33.6 Å². The fourth-order valence-corrected chi connectivity index (χ4v) is 5.75. The molecule has 196 valence electrons. The Morgan fingerprint density at radius 1 is 0.974 bits per heavy atom. The molecular formula is C33H32N4O2. The van der Waals surface area contributed by atoms with Gasteiger partial charge < -0.3 is 14.2 Å².